The normalized spacial score (nSPS) is 23.0. The molecule has 3 rings (SSSR count). The van der Waals surface area contributed by atoms with E-state index in [4.69, 9.17) is 9.47 Å². The number of likely N-dealkylation sites (tertiary alicyclic amines) is 1. The predicted octanol–water partition coefficient (Wildman–Crippen LogP) is 1.43. The van der Waals surface area contributed by atoms with Gasteiger partial charge in [0.25, 0.3) is 0 Å². The van der Waals surface area contributed by atoms with E-state index in [9.17, 15) is 5.11 Å². The zero-order valence-corrected chi connectivity index (χ0v) is 11.3. The molecule has 1 N–H and O–H groups in total. The van der Waals surface area contributed by atoms with Crippen LogP contribution in [-0.2, 0) is 16.0 Å². The summed E-state index contributed by atoms with van der Waals surface area (Å²) in [7, 11) is 0. The number of aromatic nitrogens is 1. The Morgan fingerprint density at radius 3 is 2.95 bits per heavy atom. The highest BCUT2D eigenvalue weighted by Crippen LogP contribution is 2.31. The molecule has 0 aromatic carbocycles. The Morgan fingerprint density at radius 1 is 1.37 bits per heavy atom. The zero-order valence-electron chi connectivity index (χ0n) is 11.3. The molecule has 0 bridgehead atoms. The van der Waals surface area contributed by atoms with Crippen molar-refractivity contribution in [2.24, 2.45) is 0 Å². The first-order valence-corrected chi connectivity index (χ1v) is 6.83. The van der Waals surface area contributed by atoms with E-state index in [0.717, 1.165) is 37.3 Å². The van der Waals surface area contributed by atoms with E-state index >= 15 is 0 Å². The molecule has 0 radical (unpaired) electrons. The van der Waals surface area contributed by atoms with E-state index in [0.29, 0.717) is 19.8 Å². The van der Waals surface area contributed by atoms with Gasteiger partial charge in [0.2, 0.25) is 0 Å². The van der Waals surface area contributed by atoms with Crippen LogP contribution in [0.3, 0.4) is 0 Å². The van der Waals surface area contributed by atoms with Crippen molar-refractivity contribution in [3.8, 4) is 5.75 Å². The highest BCUT2D eigenvalue weighted by Gasteiger charge is 2.40. The summed E-state index contributed by atoms with van der Waals surface area (Å²) in [6.45, 7) is 5.68. The van der Waals surface area contributed by atoms with Gasteiger partial charge in [0.15, 0.2) is 5.79 Å². The third kappa shape index (κ3) is 2.73. The predicted molar refractivity (Wildman–Crippen MR) is 69.8 cm³/mol. The van der Waals surface area contributed by atoms with Crippen molar-refractivity contribution in [2.45, 2.75) is 32.1 Å². The first kappa shape index (κ1) is 12.8. The Hall–Kier alpha value is -1.17. The summed E-state index contributed by atoms with van der Waals surface area (Å²) >= 11 is 0. The van der Waals surface area contributed by atoms with Crippen LogP contribution in [-0.4, -0.2) is 47.1 Å². The Balaban J connectivity index is 1.70. The van der Waals surface area contributed by atoms with Crippen LogP contribution in [0.15, 0.2) is 12.1 Å². The van der Waals surface area contributed by atoms with Gasteiger partial charge in [-0.05, 0) is 32.0 Å². The Bertz CT molecular complexity index is 458. The summed E-state index contributed by atoms with van der Waals surface area (Å²) in [5.74, 6) is -0.156. The van der Waals surface area contributed by atoms with Crippen LogP contribution >= 0.6 is 0 Å². The quantitative estimate of drug-likeness (QED) is 0.876. The first-order valence-electron chi connectivity index (χ1n) is 6.83. The zero-order chi connectivity index (χ0) is 13.3. The molecule has 3 heterocycles. The second-order valence-corrected chi connectivity index (χ2v) is 5.34. The Morgan fingerprint density at radius 2 is 2.16 bits per heavy atom. The molecule has 5 heteroatoms. The molecule has 0 saturated carbocycles. The summed E-state index contributed by atoms with van der Waals surface area (Å²) in [5, 5.41) is 9.87. The van der Waals surface area contributed by atoms with E-state index in [1.807, 2.05) is 13.0 Å². The maximum Gasteiger partial charge on any atom is 0.181 e. The summed E-state index contributed by atoms with van der Waals surface area (Å²) in [5.41, 5.74) is 1.66. The standard InChI is InChI=1S/C14H20N2O3/c1-11-3-4-13(17)12(15-11)9-16-6-2-5-14(10-16)18-7-8-19-14/h3-4,17H,2,5-10H2,1H3. The van der Waals surface area contributed by atoms with Gasteiger partial charge < -0.3 is 14.6 Å². The third-order valence-electron chi connectivity index (χ3n) is 3.77. The van der Waals surface area contributed by atoms with Gasteiger partial charge >= 0.3 is 0 Å². The van der Waals surface area contributed by atoms with E-state index in [1.54, 1.807) is 6.07 Å². The van der Waals surface area contributed by atoms with E-state index in [2.05, 4.69) is 9.88 Å². The van der Waals surface area contributed by atoms with E-state index in [-0.39, 0.29) is 5.75 Å². The minimum Gasteiger partial charge on any atom is -0.506 e. The molecular formula is C14H20N2O3. The van der Waals surface area contributed by atoms with Gasteiger partial charge in [-0.2, -0.15) is 0 Å². The number of ether oxygens (including phenoxy) is 2. The molecule has 1 spiro atoms. The third-order valence-corrected chi connectivity index (χ3v) is 3.77. The van der Waals surface area contributed by atoms with Crippen LogP contribution in [0.1, 0.15) is 24.2 Å². The largest absolute Gasteiger partial charge is 0.506 e. The SMILES string of the molecule is Cc1ccc(O)c(CN2CCCC3(C2)OCCO3)n1. The van der Waals surface area contributed by atoms with Gasteiger partial charge in [0.1, 0.15) is 5.75 Å². The molecule has 0 unspecified atom stereocenters. The average molecular weight is 264 g/mol. The lowest BCUT2D eigenvalue weighted by atomic mass is 10.0. The number of aromatic hydroxyl groups is 1. The van der Waals surface area contributed by atoms with Gasteiger partial charge in [-0.1, -0.05) is 0 Å². The smallest absolute Gasteiger partial charge is 0.181 e. The molecule has 5 nitrogen and oxygen atoms in total. The number of piperidine rings is 1. The lowest BCUT2D eigenvalue weighted by Crippen LogP contribution is -2.48. The minimum absolute atomic E-state index is 0.262. The second kappa shape index (κ2) is 5.07. The molecule has 0 aliphatic carbocycles. The molecule has 1 aromatic heterocycles. The number of hydrogen-bond acceptors (Lipinski definition) is 5. The topological polar surface area (TPSA) is 54.8 Å². The average Bonchev–Trinajstić information content (AvgIpc) is 2.82. The number of hydrogen-bond donors (Lipinski definition) is 1. The molecule has 2 aliphatic heterocycles. The van der Waals surface area contributed by atoms with E-state index in [1.165, 1.54) is 0 Å². The van der Waals surface area contributed by atoms with Crippen molar-refractivity contribution >= 4 is 0 Å². The van der Waals surface area contributed by atoms with Crippen LogP contribution < -0.4 is 0 Å². The molecule has 2 saturated heterocycles. The van der Waals surface area contributed by atoms with Crippen LogP contribution in [0.5, 0.6) is 5.75 Å². The second-order valence-electron chi connectivity index (χ2n) is 5.34. The molecule has 1 aromatic rings. The molecular weight excluding hydrogens is 244 g/mol. The van der Waals surface area contributed by atoms with Gasteiger partial charge in [0.05, 0.1) is 25.5 Å². The summed E-state index contributed by atoms with van der Waals surface area (Å²) in [4.78, 5) is 6.65. The molecule has 19 heavy (non-hydrogen) atoms. The number of rotatable bonds is 2. The molecule has 0 amide bonds. The van der Waals surface area contributed by atoms with Crippen molar-refractivity contribution in [3.63, 3.8) is 0 Å². The van der Waals surface area contributed by atoms with Crippen molar-refractivity contribution in [2.75, 3.05) is 26.3 Å². The molecule has 104 valence electrons. The van der Waals surface area contributed by atoms with Crippen LogP contribution in [0, 0.1) is 6.92 Å². The number of aryl methyl sites for hydroxylation is 1. The molecule has 0 atom stereocenters. The van der Waals surface area contributed by atoms with Gasteiger partial charge in [-0.25, -0.2) is 0 Å². The number of pyridine rings is 1. The fourth-order valence-electron chi connectivity index (χ4n) is 2.87. The van der Waals surface area contributed by atoms with Crippen molar-refractivity contribution in [1.29, 1.82) is 0 Å². The fourth-order valence-corrected chi connectivity index (χ4v) is 2.87. The van der Waals surface area contributed by atoms with Crippen LogP contribution in [0.25, 0.3) is 0 Å². The summed E-state index contributed by atoms with van der Waals surface area (Å²) < 4.78 is 11.5. The van der Waals surface area contributed by atoms with Gasteiger partial charge in [-0.3, -0.25) is 9.88 Å². The van der Waals surface area contributed by atoms with Gasteiger partial charge in [-0.15, -0.1) is 0 Å². The van der Waals surface area contributed by atoms with Crippen molar-refractivity contribution < 1.29 is 14.6 Å². The minimum atomic E-state index is -0.419. The highest BCUT2D eigenvalue weighted by molar-refractivity contribution is 5.27. The monoisotopic (exact) mass is 264 g/mol. The molecule has 2 aliphatic rings. The lowest BCUT2D eigenvalue weighted by molar-refractivity contribution is -0.190. The maximum absolute atomic E-state index is 9.87. The Kier molecular flexibility index (Phi) is 3.43. The fraction of sp³-hybridized carbons (Fsp3) is 0.643. The van der Waals surface area contributed by atoms with Gasteiger partial charge in [0, 0.05) is 18.7 Å². The number of nitrogens with zero attached hydrogens (tertiary/aromatic N) is 2. The summed E-state index contributed by atoms with van der Waals surface area (Å²) in [6.07, 6.45) is 2.00. The first-order chi connectivity index (χ1) is 9.17. The lowest BCUT2D eigenvalue weighted by Gasteiger charge is -2.38. The van der Waals surface area contributed by atoms with Crippen LogP contribution in [0.2, 0.25) is 0 Å². The van der Waals surface area contributed by atoms with E-state index < -0.39 is 5.79 Å². The Labute approximate surface area is 113 Å². The summed E-state index contributed by atoms with van der Waals surface area (Å²) in [6, 6.07) is 3.53. The van der Waals surface area contributed by atoms with Crippen molar-refractivity contribution in [3.05, 3.63) is 23.5 Å². The van der Waals surface area contributed by atoms with Crippen LogP contribution in [0.4, 0.5) is 0 Å². The highest BCUT2D eigenvalue weighted by atomic mass is 16.7. The molecule has 2 fully saturated rings. The maximum atomic E-state index is 9.87. The van der Waals surface area contributed by atoms with Crippen molar-refractivity contribution in [1.82, 2.24) is 9.88 Å².